The third kappa shape index (κ3) is 2.64. The molecule has 0 aromatic heterocycles. The average molecular weight is 199 g/mol. The third-order valence-corrected chi connectivity index (χ3v) is 2.30. The second kappa shape index (κ2) is 4.24. The van der Waals surface area contributed by atoms with Crippen LogP contribution < -0.4 is 0 Å². The smallest absolute Gasteiger partial charge is 0.122 e. The van der Waals surface area contributed by atoms with Crippen LogP contribution in [-0.2, 0) is 6.42 Å². The Kier molecular flexibility index (Phi) is 2.79. The minimum atomic E-state index is -0.967. The molecule has 1 heterocycles. The summed E-state index contributed by atoms with van der Waals surface area (Å²) in [4.78, 5) is 4.00. The zero-order chi connectivity index (χ0) is 10.6. The molecule has 0 amide bonds. The average Bonchev–Trinajstić information content (AvgIpc) is 2.45. The van der Waals surface area contributed by atoms with Gasteiger partial charge in [-0.25, -0.2) is 0 Å². The van der Waals surface area contributed by atoms with Crippen LogP contribution in [0.4, 0.5) is 0 Å². The van der Waals surface area contributed by atoms with E-state index in [1.165, 1.54) is 0 Å². The maximum atomic E-state index is 10.2. The highest BCUT2D eigenvalue weighted by Crippen LogP contribution is 2.14. The van der Waals surface area contributed by atoms with Crippen molar-refractivity contribution in [2.24, 2.45) is 4.99 Å². The molecule has 2 nitrogen and oxygen atoms in total. The standard InChI is InChI=1S/C13H13NO/c15-13(8-4-5-9-14-11-13)10-12-6-2-1-3-7-12/h1-9,11,15H,10H2. The van der Waals surface area contributed by atoms with Crippen LogP contribution in [0, 0.1) is 0 Å². The predicted octanol–water partition coefficient (Wildman–Crippen LogP) is 2.11. The van der Waals surface area contributed by atoms with E-state index in [0.29, 0.717) is 6.42 Å². The minimum Gasteiger partial charge on any atom is -0.380 e. The SMILES string of the molecule is OC1(Cc2ccccc2)C=CC=CN=C1. The van der Waals surface area contributed by atoms with Gasteiger partial charge in [0.1, 0.15) is 5.60 Å². The monoisotopic (exact) mass is 199 g/mol. The summed E-state index contributed by atoms with van der Waals surface area (Å²) >= 11 is 0. The summed E-state index contributed by atoms with van der Waals surface area (Å²) in [6, 6.07) is 9.89. The second-order valence-electron chi connectivity index (χ2n) is 3.63. The Morgan fingerprint density at radius 2 is 1.93 bits per heavy atom. The molecule has 1 aromatic rings. The highest BCUT2D eigenvalue weighted by atomic mass is 16.3. The Labute approximate surface area is 89.3 Å². The van der Waals surface area contributed by atoms with Crippen LogP contribution in [-0.4, -0.2) is 16.9 Å². The molecule has 1 unspecified atom stereocenters. The number of nitrogens with zero attached hydrogens (tertiary/aromatic N) is 1. The van der Waals surface area contributed by atoms with Gasteiger partial charge in [0.25, 0.3) is 0 Å². The van der Waals surface area contributed by atoms with Gasteiger partial charge in [0, 0.05) is 18.8 Å². The van der Waals surface area contributed by atoms with Crippen LogP contribution in [0.3, 0.4) is 0 Å². The molecule has 0 saturated heterocycles. The van der Waals surface area contributed by atoms with Crippen molar-refractivity contribution in [1.82, 2.24) is 0 Å². The Hall–Kier alpha value is -1.67. The zero-order valence-electron chi connectivity index (χ0n) is 8.38. The van der Waals surface area contributed by atoms with E-state index in [1.807, 2.05) is 36.4 Å². The van der Waals surface area contributed by atoms with Gasteiger partial charge in [-0.05, 0) is 17.7 Å². The van der Waals surface area contributed by atoms with E-state index in [1.54, 1.807) is 24.6 Å². The van der Waals surface area contributed by atoms with Crippen molar-refractivity contribution in [1.29, 1.82) is 0 Å². The van der Waals surface area contributed by atoms with Gasteiger partial charge in [-0.15, -0.1) is 0 Å². The first-order valence-electron chi connectivity index (χ1n) is 4.94. The lowest BCUT2D eigenvalue weighted by atomic mass is 9.95. The molecule has 1 aliphatic heterocycles. The van der Waals surface area contributed by atoms with Crippen molar-refractivity contribution < 1.29 is 5.11 Å². The zero-order valence-corrected chi connectivity index (χ0v) is 8.38. The molecule has 15 heavy (non-hydrogen) atoms. The lowest BCUT2D eigenvalue weighted by molar-refractivity contribution is 0.169. The Morgan fingerprint density at radius 1 is 1.13 bits per heavy atom. The molecule has 0 radical (unpaired) electrons. The molecule has 0 fully saturated rings. The van der Waals surface area contributed by atoms with E-state index in [9.17, 15) is 5.11 Å². The van der Waals surface area contributed by atoms with E-state index in [4.69, 9.17) is 0 Å². The van der Waals surface area contributed by atoms with Gasteiger partial charge in [0.15, 0.2) is 0 Å². The van der Waals surface area contributed by atoms with Crippen LogP contribution in [0.1, 0.15) is 5.56 Å². The summed E-state index contributed by atoms with van der Waals surface area (Å²) in [5.41, 5.74) is 0.128. The first-order valence-corrected chi connectivity index (χ1v) is 4.94. The lowest BCUT2D eigenvalue weighted by Gasteiger charge is -2.18. The first kappa shape index (κ1) is 9.87. The van der Waals surface area contributed by atoms with Crippen LogP contribution >= 0.6 is 0 Å². The van der Waals surface area contributed by atoms with Gasteiger partial charge >= 0.3 is 0 Å². The van der Waals surface area contributed by atoms with E-state index < -0.39 is 5.60 Å². The van der Waals surface area contributed by atoms with E-state index >= 15 is 0 Å². The number of allylic oxidation sites excluding steroid dienone is 2. The van der Waals surface area contributed by atoms with Gasteiger partial charge in [-0.2, -0.15) is 0 Å². The fraction of sp³-hybridized carbons (Fsp3) is 0.154. The molecule has 0 bridgehead atoms. The number of rotatable bonds is 2. The second-order valence-corrected chi connectivity index (χ2v) is 3.63. The molecule has 1 atom stereocenters. The summed E-state index contributed by atoms with van der Waals surface area (Å²) in [7, 11) is 0. The maximum absolute atomic E-state index is 10.2. The quantitative estimate of drug-likeness (QED) is 0.777. The minimum absolute atomic E-state index is 0.551. The number of aliphatic hydroxyl groups is 1. The van der Waals surface area contributed by atoms with E-state index in [-0.39, 0.29) is 0 Å². The number of benzene rings is 1. The molecular formula is C13H13NO. The van der Waals surface area contributed by atoms with Gasteiger partial charge in [-0.3, -0.25) is 4.99 Å². The Balaban J connectivity index is 2.18. The van der Waals surface area contributed by atoms with Gasteiger partial charge in [0.05, 0.1) is 0 Å². The van der Waals surface area contributed by atoms with Gasteiger partial charge in [-0.1, -0.05) is 36.4 Å². The van der Waals surface area contributed by atoms with E-state index in [0.717, 1.165) is 5.56 Å². The summed E-state index contributed by atoms with van der Waals surface area (Å²) in [6.07, 6.45) is 9.16. The molecule has 2 heteroatoms. The molecule has 0 spiro atoms. The molecule has 0 aliphatic carbocycles. The van der Waals surface area contributed by atoms with Crippen LogP contribution in [0.25, 0.3) is 0 Å². The largest absolute Gasteiger partial charge is 0.380 e. The topological polar surface area (TPSA) is 32.6 Å². The summed E-state index contributed by atoms with van der Waals surface area (Å²) in [6.45, 7) is 0. The number of aliphatic imine (C=N–C) groups is 1. The van der Waals surface area contributed by atoms with Crippen LogP contribution in [0.15, 0.2) is 59.8 Å². The third-order valence-electron chi connectivity index (χ3n) is 2.30. The molecule has 0 saturated carbocycles. The predicted molar refractivity (Wildman–Crippen MR) is 61.9 cm³/mol. The van der Waals surface area contributed by atoms with Crippen molar-refractivity contribution in [2.75, 3.05) is 0 Å². The maximum Gasteiger partial charge on any atom is 0.122 e. The molecule has 1 N–H and O–H groups in total. The van der Waals surface area contributed by atoms with E-state index in [2.05, 4.69) is 4.99 Å². The summed E-state index contributed by atoms with van der Waals surface area (Å²) in [5, 5.41) is 10.2. The van der Waals surface area contributed by atoms with Crippen LogP contribution in [0.2, 0.25) is 0 Å². The molecule has 76 valence electrons. The van der Waals surface area contributed by atoms with Crippen molar-refractivity contribution in [3.05, 3.63) is 60.3 Å². The Morgan fingerprint density at radius 3 is 2.73 bits per heavy atom. The summed E-state index contributed by atoms with van der Waals surface area (Å²) in [5.74, 6) is 0. The normalized spacial score (nSPS) is 24.1. The van der Waals surface area contributed by atoms with Crippen molar-refractivity contribution in [2.45, 2.75) is 12.0 Å². The van der Waals surface area contributed by atoms with Crippen molar-refractivity contribution in [3.63, 3.8) is 0 Å². The first-order chi connectivity index (χ1) is 7.29. The fourth-order valence-corrected chi connectivity index (χ4v) is 1.56. The lowest BCUT2D eigenvalue weighted by Crippen LogP contribution is -2.30. The van der Waals surface area contributed by atoms with Crippen LogP contribution in [0.5, 0.6) is 0 Å². The number of hydrogen-bond acceptors (Lipinski definition) is 2. The molecular weight excluding hydrogens is 186 g/mol. The molecule has 2 rings (SSSR count). The number of hydrogen-bond donors (Lipinski definition) is 1. The highest BCUT2D eigenvalue weighted by Gasteiger charge is 2.21. The van der Waals surface area contributed by atoms with Gasteiger partial charge in [0.2, 0.25) is 0 Å². The Bertz CT molecular complexity index is 388. The van der Waals surface area contributed by atoms with Crippen molar-refractivity contribution >= 4 is 6.21 Å². The molecule has 1 aromatic carbocycles. The highest BCUT2D eigenvalue weighted by molar-refractivity contribution is 5.73. The fourth-order valence-electron chi connectivity index (χ4n) is 1.56. The van der Waals surface area contributed by atoms with Crippen molar-refractivity contribution in [3.8, 4) is 0 Å². The molecule has 1 aliphatic rings. The van der Waals surface area contributed by atoms with Gasteiger partial charge < -0.3 is 5.11 Å². The summed E-state index contributed by atoms with van der Waals surface area (Å²) < 4.78 is 0.